The molecule has 1 aliphatic rings. The van der Waals surface area contributed by atoms with Crippen molar-refractivity contribution in [3.63, 3.8) is 0 Å². The third-order valence-corrected chi connectivity index (χ3v) is 3.82. The van der Waals surface area contributed by atoms with Crippen LogP contribution in [0.15, 0.2) is 18.2 Å². The maximum atomic E-state index is 13.2. The highest BCUT2D eigenvalue weighted by Crippen LogP contribution is 2.42. The fourth-order valence-corrected chi connectivity index (χ4v) is 2.80. The van der Waals surface area contributed by atoms with Crippen molar-refractivity contribution in [2.45, 2.75) is 25.3 Å². The minimum absolute atomic E-state index is 0.0800. The fraction of sp³-hybridized carbons (Fsp3) is 0.357. The summed E-state index contributed by atoms with van der Waals surface area (Å²) in [6, 6.07) is 1.27. The molecule has 0 spiro atoms. The number of nitrogens with zero attached hydrogens (tertiary/aromatic N) is 1. The number of aromatic nitrogens is 1. The summed E-state index contributed by atoms with van der Waals surface area (Å²) in [5.74, 6) is -0.610. The fourth-order valence-electron chi connectivity index (χ4n) is 2.80. The molecule has 0 aliphatic carbocycles. The first-order valence-electron chi connectivity index (χ1n) is 6.61. The molecule has 3 rings (SSSR count). The number of hydrogen-bond donors (Lipinski definition) is 1. The van der Waals surface area contributed by atoms with E-state index in [1.807, 2.05) is 0 Å². The average molecular weight is 336 g/mol. The molecule has 3 nitrogen and oxygen atoms in total. The van der Waals surface area contributed by atoms with E-state index in [1.165, 1.54) is 4.57 Å². The van der Waals surface area contributed by atoms with E-state index in [1.54, 1.807) is 6.92 Å². The number of hydrogen-bond acceptors (Lipinski definition) is 1. The van der Waals surface area contributed by atoms with Crippen molar-refractivity contribution in [1.82, 2.24) is 9.88 Å². The molecule has 2 heterocycles. The van der Waals surface area contributed by atoms with Crippen LogP contribution in [0.1, 0.15) is 34.6 Å². The van der Waals surface area contributed by atoms with Gasteiger partial charge in [-0.25, -0.2) is 0 Å². The summed E-state index contributed by atoms with van der Waals surface area (Å²) in [6.07, 6.45) is -9.88. The van der Waals surface area contributed by atoms with Crippen LogP contribution in [-0.4, -0.2) is 17.0 Å². The summed E-state index contributed by atoms with van der Waals surface area (Å²) in [5.41, 5.74) is -3.12. The number of rotatable bonds is 0. The zero-order valence-electron chi connectivity index (χ0n) is 11.6. The zero-order chi connectivity index (χ0) is 17.2. The lowest BCUT2D eigenvalue weighted by atomic mass is 10.0. The van der Waals surface area contributed by atoms with Crippen molar-refractivity contribution in [2.75, 3.05) is 6.54 Å². The van der Waals surface area contributed by atoms with E-state index in [0.29, 0.717) is 6.07 Å². The standard InChI is InChI=1S/C14H10F6N2O/c1-6-5-21-12(23)11-4-8-9(14(18,19)20)2-7(13(15,16)17)3-10(8)22(6)11/h2-4,6H,5H2,1H3,(H,21,23)/t6-/m1/s1. The molecule has 1 amide bonds. The molecule has 124 valence electrons. The lowest BCUT2D eigenvalue weighted by molar-refractivity contribution is -0.142. The van der Waals surface area contributed by atoms with Gasteiger partial charge in [-0.05, 0) is 25.1 Å². The number of halogens is 6. The smallest absolute Gasteiger partial charge is 0.349 e. The van der Waals surface area contributed by atoms with E-state index in [-0.39, 0.29) is 23.8 Å². The maximum Gasteiger partial charge on any atom is 0.417 e. The normalized spacial score (nSPS) is 18.9. The lowest BCUT2D eigenvalue weighted by Gasteiger charge is -2.24. The summed E-state index contributed by atoms with van der Waals surface area (Å²) >= 11 is 0. The first kappa shape index (κ1) is 15.7. The van der Waals surface area contributed by atoms with Crippen molar-refractivity contribution < 1.29 is 31.1 Å². The molecular weight excluding hydrogens is 326 g/mol. The van der Waals surface area contributed by atoms with E-state index in [2.05, 4.69) is 5.32 Å². The van der Waals surface area contributed by atoms with Crippen molar-refractivity contribution in [3.05, 3.63) is 35.0 Å². The Balaban J connectivity index is 2.43. The summed E-state index contributed by atoms with van der Waals surface area (Å²) in [4.78, 5) is 11.8. The van der Waals surface area contributed by atoms with Gasteiger partial charge < -0.3 is 9.88 Å². The van der Waals surface area contributed by atoms with E-state index in [4.69, 9.17) is 0 Å². The Kier molecular flexibility index (Phi) is 3.18. The zero-order valence-corrected chi connectivity index (χ0v) is 11.6. The molecule has 9 heteroatoms. The molecule has 1 atom stereocenters. The first-order valence-corrected chi connectivity index (χ1v) is 6.61. The van der Waals surface area contributed by atoms with Gasteiger partial charge in [-0.15, -0.1) is 0 Å². The maximum absolute atomic E-state index is 13.2. The average Bonchev–Trinajstić information content (AvgIpc) is 2.80. The highest BCUT2D eigenvalue weighted by molar-refractivity contribution is 6.00. The number of carbonyl (C=O) groups excluding carboxylic acids is 1. The van der Waals surface area contributed by atoms with Gasteiger partial charge in [0.2, 0.25) is 0 Å². The lowest BCUT2D eigenvalue weighted by Crippen LogP contribution is -2.37. The summed E-state index contributed by atoms with van der Waals surface area (Å²) < 4.78 is 79.5. The van der Waals surface area contributed by atoms with Gasteiger partial charge in [-0.2, -0.15) is 26.3 Å². The van der Waals surface area contributed by atoms with Crippen LogP contribution >= 0.6 is 0 Å². The van der Waals surface area contributed by atoms with Gasteiger partial charge >= 0.3 is 12.4 Å². The molecule has 0 saturated heterocycles. The Bertz CT molecular complexity index is 802. The molecular formula is C14H10F6N2O. The minimum Gasteiger partial charge on any atom is -0.349 e. The van der Waals surface area contributed by atoms with Gasteiger partial charge in [-0.1, -0.05) is 0 Å². The molecule has 0 unspecified atom stereocenters. The molecule has 1 N–H and O–H groups in total. The largest absolute Gasteiger partial charge is 0.417 e. The Labute approximate surface area is 125 Å². The van der Waals surface area contributed by atoms with Crippen molar-refractivity contribution in [3.8, 4) is 0 Å². The number of benzene rings is 1. The molecule has 0 fully saturated rings. The molecule has 1 aromatic heterocycles. The molecule has 0 saturated carbocycles. The minimum atomic E-state index is -4.96. The van der Waals surface area contributed by atoms with Crippen LogP contribution in [0, 0.1) is 0 Å². The van der Waals surface area contributed by atoms with Crippen LogP contribution in [0.25, 0.3) is 10.9 Å². The number of carbonyl (C=O) groups is 1. The van der Waals surface area contributed by atoms with E-state index in [0.717, 1.165) is 6.07 Å². The monoisotopic (exact) mass is 336 g/mol. The topological polar surface area (TPSA) is 34.0 Å². The molecule has 2 aromatic rings. The molecule has 1 aromatic carbocycles. The summed E-state index contributed by atoms with van der Waals surface area (Å²) in [5, 5.41) is 2.08. The van der Waals surface area contributed by atoms with Crippen molar-refractivity contribution >= 4 is 16.8 Å². The van der Waals surface area contributed by atoms with E-state index >= 15 is 0 Å². The van der Waals surface area contributed by atoms with Crippen LogP contribution < -0.4 is 5.32 Å². The van der Waals surface area contributed by atoms with Gasteiger partial charge in [0.25, 0.3) is 5.91 Å². The van der Waals surface area contributed by atoms with Crippen LogP contribution in [0.4, 0.5) is 26.3 Å². The van der Waals surface area contributed by atoms with E-state index < -0.39 is 40.8 Å². The highest BCUT2D eigenvalue weighted by atomic mass is 19.4. The second-order valence-electron chi connectivity index (χ2n) is 5.41. The van der Waals surface area contributed by atoms with Crippen molar-refractivity contribution in [1.29, 1.82) is 0 Å². The van der Waals surface area contributed by atoms with Crippen molar-refractivity contribution in [2.24, 2.45) is 0 Å². The Morgan fingerprint density at radius 3 is 2.30 bits per heavy atom. The predicted molar refractivity (Wildman–Crippen MR) is 69.0 cm³/mol. The number of fused-ring (bicyclic) bond motifs is 3. The SMILES string of the molecule is C[C@@H]1CNC(=O)c2cc3c(C(F)(F)F)cc(C(F)(F)F)cc3n21. The molecule has 0 bridgehead atoms. The van der Waals surface area contributed by atoms with Crippen LogP contribution in [-0.2, 0) is 12.4 Å². The van der Waals surface area contributed by atoms with Gasteiger partial charge in [-0.3, -0.25) is 4.79 Å². The summed E-state index contributed by atoms with van der Waals surface area (Å²) in [7, 11) is 0. The van der Waals surface area contributed by atoms with Crippen LogP contribution in [0.3, 0.4) is 0 Å². The second kappa shape index (κ2) is 4.65. The number of alkyl halides is 6. The van der Waals surface area contributed by atoms with Crippen LogP contribution in [0.5, 0.6) is 0 Å². The third-order valence-electron chi connectivity index (χ3n) is 3.82. The summed E-state index contributed by atoms with van der Waals surface area (Å²) in [6.45, 7) is 1.74. The number of amides is 1. The molecule has 23 heavy (non-hydrogen) atoms. The second-order valence-corrected chi connectivity index (χ2v) is 5.41. The number of nitrogens with one attached hydrogen (secondary N) is 1. The molecule has 0 radical (unpaired) electrons. The quantitative estimate of drug-likeness (QED) is 0.726. The highest BCUT2D eigenvalue weighted by Gasteiger charge is 2.40. The first-order chi connectivity index (χ1) is 10.5. The van der Waals surface area contributed by atoms with Crippen LogP contribution in [0.2, 0.25) is 0 Å². The third kappa shape index (κ3) is 2.43. The molecule has 1 aliphatic heterocycles. The van der Waals surface area contributed by atoms with E-state index in [9.17, 15) is 31.1 Å². The Hall–Kier alpha value is -2.19. The Morgan fingerprint density at radius 1 is 1.09 bits per heavy atom. The van der Waals surface area contributed by atoms with Gasteiger partial charge in [0, 0.05) is 18.0 Å². The van der Waals surface area contributed by atoms with Gasteiger partial charge in [0.15, 0.2) is 0 Å². The van der Waals surface area contributed by atoms with Gasteiger partial charge in [0.05, 0.1) is 16.6 Å². The predicted octanol–water partition coefficient (Wildman–Crippen LogP) is 3.98. The Morgan fingerprint density at radius 2 is 1.74 bits per heavy atom. The van der Waals surface area contributed by atoms with Gasteiger partial charge in [0.1, 0.15) is 5.69 Å².